The molecular formula is C25H22N6O3. The molecule has 9 heteroatoms. The molecule has 0 radical (unpaired) electrons. The number of anilines is 2. The maximum atomic E-state index is 12.6. The predicted octanol–water partition coefficient (Wildman–Crippen LogP) is 3.77. The third kappa shape index (κ3) is 4.86. The Bertz CT molecular complexity index is 1290. The van der Waals surface area contributed by atoms with Crippen LogP contribution >= 0.6 is 0 Å². The molecule has 1 aromatic heterocycles. The van der Waals surface area contributed by atoms with E-state index in [9.17, 15) is 9.59 Å². The lowest BCUT2D eigenvalue weighted by Crippen LogP contribution is -2.27. The number of hydrogen-bond acceptors (Lipinski definition) is 7. The smallest absolute Gasteiger partial charge is 0.265 e. The lowest BCUT2D eigenvalue weighted by molar-refractivity contribution is -0.112. The van der Waals surface area contributed by atoms with E-state index in [-0.39, 0.29) is 23.2 Å². The molecule has 1 aliphatic rings. The molecule has 2 amide bonds. The highest BCUT2D eigenvalue weighted by Crippen LogP contribution is 2.35. The van der Waals surface area contributed by atoms with Gasteiger partial charge in [-0.25, -0.2) is 9.97 Å². The average Bonchev–Trinajstić information content (AvgIpc) is 3.39. The molecule has 0 saturated carbocycles. The summed E-state index contributed by atoms with van der Waals surface area (Å²) in [5.74, 6) is 0.237. The second-order valence-electron chi connectivity index (χ2n) is 7.69. The monoisotopic (exact) mass is 454 g/mol. The number of nitrogen functional groups attached to an aromatic ring is 1. The summed E-state index contributed by atoms with van der Waals surface area (Å²) >= 11 is 0. The van der Waals surface area contributed by atoms with Crippen molar-refractivity contribution in [2.75, 3.05) is 24.1 Å². The lowest BCUT2D eigenvalue weighted by Gasteiger charge is -2.16. The Morgan fingerprint density at radius 3 is 2.56 bits per heavy atom. The van der Waals surface area contributed by atoms with Crippen molar-refractivity contribution in [1.29, 1.82) is 5.26 Å². The number of nitrogens with one attached hydrogen (secondary N) is 1. The zero-order valence-corrected chi connectivity index (χ0v) is 18.3. The van der Waals surface area contributed by atoms with Gasteiger partial charge in [0.1, 0.15) is 29.5 Å². The van der Waals surface area contributed by atoms with Crippen molar-refractivity contribution in [3.05, 3.63) is 72.6 Å². The Kier molecular flexibility index (Phi) is 6.50. The number of amides is 2. The summed E-state index contributed by atoms with van der Waals surface area (Å²) in [4.78, 5) is 34.7. The summed E-state index contributed by atoms with van der Waals surface area (Å²) in [6.45, 7) is 4.95. The van der Waals surface area contributed by atoms with Gasteiger partial charge in [-0.2, -0.15) is 5.26 Å². The first-order valence-electron chi connectivity index (χ1n) is 10.6. The van der Waals surface area contributed by atoms with E-state index >= 15 is 0 Å². The largest absolute Gasteiger partial charge is 0.438 e. The predicted molar refractivity (Wildman–Crippen MR) is 127 cm³/mol. The van der Waals surface area contributed by atoms with Gasteiger partial charge in [0.2, 0.25) is 5.88 Å². The Hall–Kier alpha value is -4.71. The van der Waals surface area contributed by atoms with Gasteiger partial charge in [0, 0.05) is 30.4 Å². The second kappa shape index (κ2) is 9.83. The van der Waals surface area contributed by atoms with Crippen LogP contribution in [0.2, 0.25) is 0 Å². The molecule has 1 saturated heterocycles. The number of benzene rings is 2. The zero-order valence-electron chi connectivity index (χ0n) is 18.3. The van der Waals surface area contributed by atoms with Gasteiger partial charge in [0.05, 0.1) is 5.56 Å². The van der Waals surface area contributed by atoms with Crippen LogP contribution in [0.5, 0.6) is 11.6 Å². The lowest BCUT2D eigenvalue weighted by atomic mass is 10.0. The van der Waals surface area contributed by atoms with Crippen molar-refractivity contribution >= 4 is 23.3 Å². The molecule has 170 valence electrons. The van der Waals surface area contributed by atoms with Crippen molar-refractivity contribution in [3.8, 4) is 28.8 Å². The minimum absolute atomic E-state index is 0.00995. The van der Waals surface area contributed by atoms with Crippen LogP contribution in [0.25, 0.3) is 11.1 Å². The molecule has 0 spiro atoms. The Balaban J connectivity index is 1.58. The van der Waals surface area contributed by atoms with Gasteiger partial charge in [0.15, 0.2) is 0 Å². The fourth-order valence-corrected chi connectivity index (χ4v) is 3.62. The van der Waals surface area contributed by atoms with Gasteiger partial charge >= 0.3 is 0 Å². The summed E-state index contributed by atoms with van der Waals surface area (Å²) < 4.78 is 5.97. The number of hydrogen-bond donors (Lipinski definition) is 2. The average molecular weight is 454 g/mol. The molecule has 4 rings (SSSR count). The highest BCUT2D eigenvalue weighted by Gasteiger charge is 2.20. The van der Waals surface area contributed by atoms with Crippen molar-refractivity contribution < 1.29 is 14.3 Å². The third-order valence-corrected chi connectivity index (χ3v) is 5.37. The molecule has 3 aromatic rings. The van der Waals surface area contributed by atoms with E-state index in [1.54, 1.807) is 54.6 Å². The summed E-state index contributed by atoms with van der Waals surface area (Å²) in [6, 6.07) is 15.4. The summed E-state index contributed by atoms with van der Waals surface area (Å²) in [6.07, 6.45) is 3.35. The van der Waals surface area contributed by atoms with Gasteiger partial charge in [-0.1, -0.05) is 24.8 Å². The minimum atomic E-state index is -0.602. The van der Waals surface area contributed by atoms with Gasteiger partial charge in [-0.3, -0.25) is 9.59 Å². The topological polar surface area (TPSA) is 134 Å². The Morgan fingerprint density at radius 2 is 1.85 bits per heavy atom. The van der Waals surface area contributed by atoms with Crippen LogP contribution in [0, 0.1) is 11.3 Å². The normalized spacial score (nSPS) is 12.6. The summed E-state index contributed by atoms with van der Waals surface area (Å²) in [7, 11) is 0. The first-order chi connectivity index (χ1) is 16.5. The van der Waals surface area contributed by atoms with Gasteiger partial charge in [-0.15, -0.1) is 0 Å². The van der Waals surface area contributed by atoms with Gasteiger partial charge in [-0.05, 0) is 42.7 Å². The first-order valence-corrected chi connectivity index (χ1v) is 10.6. The van der Waals surface area contributed by atoms with Crippen molar-refractivity contribution in [3.63, 3.8) is 0 Å². The molecule has 0 bridgehead atoms. The van der Waals surface area contributed by atoms with E-state index in [1.165, 1.54) is 6.33 Å². The summed E-state index contributed by atoms with van der Waals surface area (Å²) in [5, 5.41) is 11.4. The molecule has 9 nitrogen and oxygen atoms in total. The highest BCUT2D eigenvalue weighted by atomic mass is 16.5. The second-order valence-corrected chi connectivity index (χ2v) is 7.69. The Morgan fingerprint density at radius 1 is 1.12 bits per heavy atom. The first kappa shape index (κ1) is 22.5. The maximum absolute atomic E-state index is 12.6. The standard InChI is InChI=1S/C25H22N6O3/c1-16(14-26)23(32)30-19-5-4-6-20(13-19)34-24-21(22(27)28-15-29-24)17-7-9-18(10-8-17)25(33)31-11-2-3-12-31/h4-10,13,15H,1-3,11-12H2,(H,30,32)(H2,27,28,29). The van der Waals surface area contributed by atoms with E-state index in [4.69, 9.17) is 15.7 Å². The molecule has 2 aromatic carbocycles. The number of nitrogens with two attached hydrogens (primary N) is 1. The molecule has 2 heterocycles. The van der Waals surface area contributed by atoms with Crippen molar-refractivity contribution in [2.45, 2.75) is 12.8 Å². The van der Waals surface area contributed by atoms with Crippen LogP contribution in [-0.2, 0) is 4.79 Å². The molecule has 34 heavy (non-hydrogen) atoms. The molecule has 3 N–H and O–H groups in total. The molecule has 1 fully saturated rings. The number of carbonyl (C=O) groups is 2. The fourth-order valence-electron chi connectivity index (χ4n) is 3.62. The van der Waals surface area contributed by atoms with Crippen LogP contribution in [0.3, 0.4) is 0 Å². The van der Waals surface area contributed by atoms with E-state index in [0.717, 1.165) is 25.9 Å². The number of rotatable bonds is 6. The number of likely N-dealkylation sites (tertiary alicyclic amines) is 1. The number of nitrogens with zero attached hydrogens (tertiary/aromatic N) is 4. The number of carbonyl (C=O) groups excluding carboxylic acids is 2. The van der Waals surface area contributed by atoms with Crippen LogP contribution in [0.4, 0.5) is 11.5 Å². The van der Waals surface area contributed by atoms with Crippen LogP contribution in [0.15, 0.2) is 67.0 Å². The van der Waals surface area contributed by atoms with Gasteiger partial charge in [0.25, 0.3) is 11.8 Å². The van der Waals surface area contributed by atoms with Crippen LogP contribution in [-0.4, -0.2) is 39.8 Å². The molecule has 0 aliphatic carbocycles. The maximum Gasteiger partial charge on any atom is 0.265 e. The number of nitriles is 1. The SMILES string of the molecule is C=C(C#N)C(=O)Nc1cccc(Oc2ncnc(N)c2-c2ccc(C(=O)N3CCCC3)cc2)c1. The number of aromatic nitrogens is 2. The number of ether oxygens (including phenoxy) is 1. The Labute approximate surface area is 196 Å². The van der Waals surface area contributed by atoms with Gasteiger partial charge < -0.3 is 20.7 Å². The van der Waals surface area contributed by atoms with Crippen LogP contribution < -0.4 is 15.8 Å². The summed E-state index contributed by atoms with van der Waals surface area (Å²) in [5.41, 5.74) is 8.14. The van der Waals surface area contributed by atoms with Crippen molar-refractivity contribution in [1.82, 2.24) is 14.9 Å². The van der Waals surface area contributed by atoms with Crippen LogP contribution in [0.1, 0.15) is 23.2 Å². The minimum Gasteiger partial charge on any atom is -0.438 e. The molecule has 0 atom stereocenters. The molecule has 0 unspecified atom stereocenters. The zero-order chi connectivity index (χ0) is 24.1. The molecule has 1 aliphatic heterocycles. The highest BCUT2D eigenvalue weighted by molar-refractivity contribution is 6.06. The van der Waals surface area contributed by atoms with E-state index in [1.807, 2.05) is 4.90 Å². The molecular weight excluding hydrogens is 432 g/mol. The quantitative estimate of drug-likeness (QED) is 0.428. The third-order valence-electron chi connectivity index (χ3n) is 5.37. The van der Waals surface area contributed by atoms with E-state index in [0.29, 0.717) is 28.1 Å². The van der Waals surface area contributed by atoms with E-state index in [2.05, 4.69) is 21.9 Å². The fraction of sp³-hybridized carbons (Fsp3) is 0.160. The van der Waals surface area contributed by atoms with E-state index < -0.39 is 5.91 Å². The van der Waals surface area contributed by atoms with Crippen molar-refractivity contribution in [2.24, 2.45) is 0 Å².